The molecule has 0 aliphatic rings. The van der Waals surface area contributed by atoms with Gasteiger partial charge in [-0.3, -0.25) is 0 Å². The first-order chi connectivity index (χ1) is 30.7. The zero-order chi connectivity index (χ0) is 40.7. The van der Waals surface area contributed by atoms with E-state index in [0.717, 1.165) is 61.0 Å². The average molecular weight is 791 g/mol. The molecule has 0 aliphatic carbocycles. The maximum atomic E-state index is 6.94. The number of aromatic nitrogens is 4. The molecular weight excluding hydrogens is 757 g/mol. The fraction of sp³-hybridized carbons (Fsp3) is 0. The van der Waals surface area contributed by atoms with Crippen molar-refractivity contribution in [1.29, 1.82) is 0 Å². The van der Waals surface area contributed by atoms with Crippen molar-refractivity contribution in [2.24, 2.45) is 0 Å². The SMILES string of the molecule is c1ccc(-c2nc(-c3ccccc3)nc(-c3cccc4oc5cc(-n6c7cc8ccccc8cc7c7ccc8ccccc8c76)c(-c6ccc7ccccc7c6)cc5c34)n2)cc1. The van der Waals surface area contributed by atoms with Gasteiger partial charge in [-0.2, -0.15) is 0 Å². The van der Waals surface area contributed by atoms with E-state index in [4.69, 9.17) is 19.4 Å². The first-order valence-corrected chi connectivity index (χ1v) is 20.9. The van der Waals surface area contributed by atoms with E-state index in [-0.39, 0.29) is 0 Å². The Morgan fingerprint density at radius 2 is 0.952 bits per heavy atom. The summed E-state index contributed by atoms with van der Waals surface area (Å²) < 4.78 is 9.42. The Balaban J connectivity index is 1.15. The predicted octanol–water partition coefficient (Wildman–Crippen LogP) is 15.0. The van der Waals surface area contributed by atoms with E-state index in [1.54, 1.807) is 0 Å². The Bertz CT molecular complexity index is 3870. The predicted molar refractivity (Wildman–Crippen MR) is 256 cm³/mol. The second kappa shape index (κ2) is 13.6. The molecule has 0 saturated heterocycles. The lowest BCUT2D eigenvalue weighted by atomic mass is 9.96. The zero-order valence-electron chi connectivity index (χ0n) is 33.3. The standard InChI is InChI=1S/C57H34N4O/c1-3-16-37(17-4-1)55-58-56(38-18-5-2-6-19-38)60-57(59-55)45-24-13-25-51-53(45)48-33-46(42-27-26-35-14-7-8-20-39(35)30-42)50(34-52(48)62-51)61-49-32-41-22-10-9-21-40(41)31-47(49)44-29-28-36-15-11-12-23-43(36)54(44)61/h1-34H. The van der Waals surface area contributed by atoms with Gasteiger partial charge in [-0.25, -0.2) is 15.0 Å². The highest BCUT2D eigenvalue weighted by Gasteiger charge is 2.23. The van der Waals surface area contributed by atoms with Crippen molar-refractivity contribution in [2.45, 2.75) is 0 Å². The summed E-state index contributed by atoms with van der Waals surface area (Å²) in [7, 11) is 0. The second-order valence-corrected chi connectivity index (χ2v) is 16.0. The van der Waals surface area contributed by atoms with Crippen molar-refractivity contribution in [1.82, 2.24) is 19.5 Å². The van der Waals surface area contributed by atoms with Crippen LogP contribution in [-0.2, 0) is 0 Å². The van der Waals surface area contributed by atoms with Gasteiger partial charge in [0.25, 0.3) is 0 Å². The highest BCUT2D eigenvalue weighted by atomic mass is 16.3. The Labute approximate surface area is 355 Å². The smallest absolute Gasteiger partial charge is 0.164 e. The van der Waals surface area contributed by atoms with Crippen molar-refractivity contribution in [3.05, 3.63) is 206 Å². The average Bonchev–Trinajstić information content (AvgIpc) is 3.88. The van der Waals surface area contributed by atoms with Gasteiger partial charge in [0.1, 0.15) is 11.2 Å². The van der Waals surface area contributed by atoms with Crippen LogP contribution in [0.3, 0.4) is 0 Å². The minimum absolute atomic E-state index is 0.586. The quantitative estimate of drug-likeness (QED) is 0.174. The van der Waals surface area contributed by atoms with Crippen LogP contribution in [0.4, 0.5) is 0 Å². The van der Waals surface area contributed by atoms with Gasteiger partial charge in [-0.1, -0.05) is 170 Å². The van der Waals surface area contributed by atoms with Crippen molar-refractivity contribution in [2.75, 3.05) is 0 Å². The third-order valence-electron chi connectivity index (χ3n) is 12.4. The number of benzene rings is 10. The molecule has 0 fully saturated rings. The van der Waals surface area contributed by atoms with E-state index in [9.17, 15) is 0 Å². The molecule has 0 unspecified atom stereocenters. The number of hydrogen-bond acceptors (Lipinski definition) is 4. The molecule has 0 amide bonds. The lowest BCUT2D eigenvalue weighted by Crippen LogP contribution is -2.00. The third-order valence-corrected chi connectivity index (χ3v) is 12.4. The van der Waals surface area contributed by atoms with Crippen LogP contribution in [0, 0.1) is 0 Å². The Hall–Kier alpha value is -8.41. The molecule has 0 radical (unpaired) electrons. The van der Waals surface area contributed by atoms with E-state index in [0.29, 0.717) is 17.5 Å². The van der Waals surface area contributed by atoms with Gasteiger partial charge in [0.2, 0.25) is 0 Å². The molecule has 0 N–H and O–H groups in total. The summed E-state index contributed by atoms with van der Waals surface area (Å²) in [6, 6.07) is 72.9. The number of hydrogen-bond donors (Lipinski definition) is 0. The van der Waals surface area contributed by atoms with Crippen LogP contribution >= 0.6 is 0 Å². The normalized spacial score (nSPS) is 11.9. The largest absolute Gasteiger partial charge is 0.456 e. The summed E-state index contributed by atoms with van der Waals surface area (Å²) in [5.74, 6) is 1.82. The number of furan rings is 1. The van der Waals surface area contributed by atoms with Crippen LogP contribution in [-0.4, -0.2) is 19.5 Å². The van der Waals surface area contributed by atoms with E-state index in [2.05, 4.69) is 138 Å². The molecule has 288 valence electrons. The van der Waals surface area contributed by atoms with Gasteiger partial charge in [0, 0.05) is 55.3 Å². The molecule has 0 aliphatic heterocycles. The van der Waals surface area contributed by atoms with Gasteiger partial charge >= 0.3 is 0 Å². The second-order valence-electron chi connectivity index (χ2n) is 16.0. The minimum atomic E-state index is 0.586. The van der Waals surface area contributed by atoms with E-state index < -0.39 is 0 Å². The summed E-state index contributed by atoms with van der Waals surface area (Å²) in [6.45, 7) is 0. The lowest BCUT2D eigenvalue weighted by molar-refractivity contribution is 0.668. The molecule has 10 aromatic carbocycles. The van der Waals surface area contributed by atoms with Crippen molar-refractivity contribution < 1.29 is 4.42 Å². The minimum Gasteiger partial charge on any atom is -0.456 e. The summed E-state index contributed by atoms with van der Waals surface area (Å²) >= 11 is 0. The molecule has 5 nitrogen and oxygen atoms in total. The number of nitrogens with zero attached hydrogens (tertiary/aromatic N) is 4. The fourth-order valence-corrected chi connectivity index (χ4v) is 9.46. The Morgan fingerprint density at radius 3 is 1.69 bits per heavy atom. The first kappa shape index (κ1) is 34.5. The zero-order valence-corrected chi connectivity index (χ0v) is 33.3. The van der Waals surface area contributed by atoms with Crippen molar-refractivity contribution in [3.8, 4) is 51.0 Å². The summed E-state index contributed by atoms with van der Waals surface area (Å²) in [6.07, 6.45) is 0. The van der Waals surface area contributed by atoms with Crippen LogP contribution in [0.15, 0.2) is 211 Å². The van der Waals surface area contributed by atoms with Crippen LogP contribution < -0.4 is 0 Å². The molecule has 62 heavy (non-hydrogen) atoms. The molecule has 0 atom stereocenters. The van der Waals surface area contributed by atoms with Gasteiger partial charge < -0.3 is 8.98 Å². The highest BCUT2D eigenvalue weighted by Crippen LogP contribution is 2.45. The molecular formula is C57H34N4O. The maximum absolute atomic E-state index is 6.94. The van der Waals surface area contributed by atoms with Crippen LogP contribution in [0.5, 0.6) is 0 Å². The van der Waals surface area contributed by atoms with E-state index in [1.807, 2.05) is 72.8 Å². The van der Waals surface area contributed by atoms with Gasteiger partial charge in [-0.15, -0.1) is 0 Å². The summed E-state index contributed by atoms with van der Waals surface area (Å²) in [4.78, 5) is 15.3. The van der Waals surface area contributed by atoms with Crippen LogP contribution in [0.25, 0.3) is 127 Å². The highest BCUT2D eigenvalue weighted by molar-refractivity contribution is 6.22. The molecule has 13 aromatic rings. The topological polar surface area (TPSA) is 56.7 Å². The lowest BCUT2D eigenvalue weighted by Gasteiger charge is -2.16. The first-order valence-electron chi connectivity index (χ1n) is 20.9. The number of fused-ring (bicyclic) bond motifs is 10. The number of rotatable bonds is 5. The van der Waals surface area contributed by atoms with E-state index in [1.165, 1.54) is 48.6 Å². The Kier molecular flexibility index (Phi) is 7.54. The Morgan fingerprint density at radius 1 is 0.339 bits per heavy atom. The monoisotopic (exact) mass is 790 g/mol. The van der Waals surface area contributed by atoms with Crippen molar-refractivity contribution >= 4 is 76.1 Å². The third kappa shape index (κ3) is 5.38. The van der Waals surface area contributed by atoms with E-state index >= 15 is 0 Å². The summed E-state index contributed by atoms with van der Waals surface area (Å²) in [5.41, 5.74) is 9.82. The summed E-state index contributed by atoms with van der Waals surface area (Å²) in [5, 5.41) is 11.5. The maximum Gasteiger partial charge on any atom is 0.164 e. The van der Waals surface area contributed by atoms with Gasteiger partial charge in [0.05, 0.1) is 16.7 Å². The molecule has 13 rings (SSSR count). The molecule has 0 spiro atoms. The van der Waals surface area contributed by atoms with Crippen LogP contribution in [0.1, 0.15) is 0 Å². The van der Waals surface area contributed by atoms with Crippen molar-refractivity contribution in [3.63, 3.8) is 0 Å². The molecule has 0 saturated carbocycles. The fourth-order valence-electron chi connectivity index (χ4n) is 9.46. The molecule has 5 heteroatoms. The van der Waals surface area contributed by atoms with Crippen LogP contribution in [0.2, 0.25) is 0 Å². The molecule has 3 heterocycles. The molecule has 3 aromatic heterocycles. The van der Waals surface area contributed by atoms with Gasteiger partial charge in [-0.05, 0) is 62.8 Å². The molecule has 0 bridgehead atoms. The van der Waals surface area contributed by atoms with Gasteiger partial charge in [0.15, 0.2) is 17.5 Å².